The SMILES string of the molecule is C=CCCCCOC(=O)[C@H]1[C@H]2C(=O)N([C@H](CO)c3ccccc3)C(C(=O)N(CC=C)c3ccccc3Cl)C23CC[C@]1(CC)O3. The van der Waals surface area contributed by atoms with Crippen LogP contribution in [0.25, 0.3) is 0 Å². The molecule has 9 heteroatoms. The first-order valence-corrected chi connectivity index (χ1v) is 15.8. The Morgan fingerprint density at radius 1 is 1.14 bits per heavy atom. The van der Waals surface area contributed by atoms with Gasteiger partial charge in [-0.15, -0.1) is 13.2 Å². The number of para-hydroxylation sites is 1. The van der Waals surface area contributed by atoms with Crippen molar-refractivity contribution < 1.29 is 29.0 Å². The zero-order valence-corrected chi connectivity index (χ0v) is 26.0. The van der Waals surface area contributed by atoms with Crippen LogP contribution >= 0.6 is 11.6 Å². The Hall–Kier alpha value is -3.46. The zero-order valence-electron chi connectivity index (χ0n) is 25.2. The van der Waals surface area contributed by atoms with Crippen molar-refractivity contribution in [2.75, 3.05) is 24.7 Å². The van der Waals surface area contributed by atoms with Crippen molar-refractivity contribution in [1.29, 1.82) is 0 Å². The standard InChI is InChI=1S/C35H41ClN2O6/c1-4-7-8-14-22-43-33(42)29-28-31(40)38(27(23-39)24-15-10-9-11-16-24)30(35(28)20-19-34(29,6-3)44-35)32(41)37(21-5-2)26-18-13-12-17-25(26)36/h4-5,9-13,15-18,27-30,39H,1-2,6-8,14,19-23H2,3H3/t27-,28+,29-,30?,34+,35?/m1/s1. The molecule has 0 aromatic heterocycles. The Bertz CT molecular complexity index is 1400. The Morgan fingerprint density at radius 2 is 1.86 bits per heavy atom. The van der Waals surface area contributed by atoms with E-state index in [9.17, 15) is 19.5 Å². The first-order chi connectivity index (χ1) is 21.3. The maximum Gasteiger partial charge on any atom is 0.312 e. The number of ether oxygens (including phenoxy) is 2. The van der Waals surface area contributed by atoms with Gasteiger partial charge in [-0.25, -0.2) is 0 Å². The van der Waals surface area contributed by atoms with E-state index in [0.29, 0.717) is 42.0 Å². The van der Waals surface area contributed by atoms with E-state index >= 15 is 0 Å². The molecule has 3 saturated heterocycles. The molecule has 234 valence electrons. The smallest absolute Gasteiger partial charge is 0.312 e. The van der Waals surface area contributed by atoms with Crippen LogP contribution < -0.4 is 4.90 Å². The van der Waals surface area contributed by atoms with Gasteiger partial charge in [-0.05, 0) is 56.2 Å². The molecule has 0 radical (unpaired) electrons. The second-order valence-corrected chi connectivity index (χ2v) is 12.2. The lowest BCUT2D eigenvalue weighted by atomic mass is 9.65. The number of aliphatic hydroxyl groups is 1. The summed E-state index contributed by atoms with van der Waals surface area (Å²) < 4.78 is 12.7. The number of benzene rings is 2. The number of hydrogen-bond donors (Lipinski definition) is 1. The molecule has 8 nitrogen and oxygen atoms in total. The number of unbranched alkanes of at least 4 members (excludes halogenated alkanes) is 2. The van der Waals surface area contributed by atoms with Gasteiger partial charge in [0.25, 0.3) is 5.91 Å². The molecule has 5 rings (SSSR count). The van der Waals surface area contributed by atoms with Crippen molar-refractivity contribution in [3.8, 4) is 0 Å². The second-order valence-electron chi connectivity index (χ2n) is 11.8. The predicted octanol–water partition coefficient (Wildman–Crippen LogP) is 5.65. The van der Waals surface area contributed by atoms with E-state index in [0.717, 1.165) is 12.8 Å². The van der Waals surface area contributed by atoms with Crippen molar-refractivity contribution in [2.24, 2.45) is 11.8 Å². The average molecular weight is 621 g/mol. The van der Waals surface area contributed by atoms with Crippen molar-refractivity contribution in [3.05, 3.63) is 90.5 Å². The monoisotopic (exact) mass is 620 g/mol. The average Bonchev–Trinajstić information content (AvgIpc) is 3.64. The van der Waals surface area contributed by atoms with Crippen LogP contribution in [0.3, 0.4) is 0 Å². The molecule has 2 unspecified atom stereocenters. The molecule has 2 aromatic carbocycles. The third kappa shape index (κ3) is 5.27. The molecule has 2 amide bonds. The predicted molar refractivity (Wildman–Crippen MR) is 169 cm³/mol. The fourth-order valence-corrected chi connectivity index (χ4v) is 7.80. The number of aliphatic hydroxyl groups excluding tert-OH is 1. The van der Waals surface area contributed by atoms with Crippen LogP contribution in [0.15, 0.2) is 79.9 Å². The molecule has 3 fully saturated rings. The second kappa shape index (κ2) is 13.3. The summed E-state index contributed by atoms with van der Waals surface area (Å²) in [5.74, 6) is -3.11. The number of anilines is 1. The summed E-state index contributed by atoms with van der Waals surface area (Å²) in [6.07, 6.45) is 7.16. The number of carbonyl (C=O) groups is 3. The number of esters is 1. The number of fused-ring (bicyclic) bond motifs is 1. The Labute approximate surface area is 264 Å². The number of halogens is 1. The van der Waals surface area contributed by atoms with Crippen LogP contribution in [0.1, 0.15) is 57.1 Å². The van der Waals surface area contributed by atoms with E-state index in [1.807, 2.05) is 43.3 Å². The highest BCUT2D eigenvalue weighted by atomic mass is 35.5. The number of carbonyl (C=O) groups excluding carboxylic acids is 3. The molecule has 2 bridgehead atoms. The highest BCUT2D eigenvalue weighted by molar-refractivity contribution is 6.34. The summed E-state index contributed by atoms with van der Waals surface area (Å²) in [5, 5.41) is 11.1. The van der Waals surface area contributed by atoms with Gasteiger partial charge in [-0.3, -0.25) is 14.4 Å². The molecule has 3 aliphatic heterocycles. The highest BCUT2D eigenvalue weighted by Gasteiger charge is 2.79. The number of likely N-dealkylation sites (tertiary alicyclic amines) is 1. The third-order valence-corrected chi connectivity index (χ3v) is 9.89. The molecule has 0 aliphatic carbocycles. The zero-order chi connectivity index (χ0) is 31.5. The van der Waals surface area contributed by atoms with Crippen LogP contribution in [0.4, 0.5) is 5.69 Å². The fourth-order valence-electron chi connectivity index (χ4n) is 7.57. The van der Waals surface area contributed by atoms with Crippen molar-refractivity contribution in [1.82, 2.24) is 4.90 Å². The maximum absolute atomic E-state index is 14.9. The van der Waals surface area contributed by atoms with Crippen LogP contribution in [0, 0.1) is 11.8 Å². The van der Waals surface area contributed by atoms with Gasteiger partial charge in [-0.2, -0.15) is 0 Å². The Kier molecular flexibility index (Phi) is 9.63. The Balaban J connectivity index is 1.61. The van der Waals surface area contributed by atoms with Crippen molar-refractivity contribution >= 4 is 35.1 Å². The minimum atomic E-state index is -1.29. The molecule has 6 atom stereocenters. The number of nitrogens with zero attached hydrogens (tertiary/aromatic N) is 2. The van der Waals surface area contributed by atoms with E-state index in [-0.39, 0.29) is 13.2 Å². The molecule has 3 heterocycles. The van der Waals surface area contributed by atoms with Gasteiger partial charge in [0.15, 0.2) is 0 Å². The normalized spacial score (nSPS) is 27.6. The number of hydrogen-bond acceptors (Lipinski definition) is 6. The largest absolute Gasteiger partial charge is 0.465 e. The van der Waals surface area contributed by atoms with Gasteiger partial charge >= 0.3 is 5.97 Å². The van der Waals surface area contributed by atoms with Gasteiger partial charge in [0.1, 0.15) is 17.6 Å². The first-order valence-electron chi connectivity index (χ1n) is 15.4. The first kappa shape index (κ1) is 31.9. The molecule has 1 N–H and O–H groups in total. The molecule has 44 heavy (non-hydrogen) atoms. The quantitative estimate of drug-likeness (QED) is 0.167. The molecule has 1 spiro atoms. The lowest BCUT2D eigenvalue weighted by molar-refractivity contribution is -0.162. The van der Waals surface area contributed by atoms with E-state index in [1.54, 1.807) is 30.3 Å². The summed E-state index contributed by atoms with van der Waals surface area (Å²) in [4.78, 5) is 46.5. The van der Waals surface area contributed by atoms with E-state index in [2.05, 4.69) is 13.2 Å². The highest BCUT2D eigenvalue weighted by Crippen LogP contribution is 2.65. The van der Waals surface area contributed by atoms with Crippen LogP contribution in [-0.4, -0.2) is 64.8 Å². The van der Waals surface area contributed by atoms with E-state index < -0.39 is 59.5 Å². The summed E-state index contributed by atoms with van der Waals surface area (Å²) in [5.41, 5.74) is -1.08. The fraction of sp³-hybridized carbons (Fsp3) is 0.457. The summed E-state index contributed by atoms with van der Waals surface area (Å²) in [6.45, 7) is 9.48. The van der Waals surface area contributed by atoms with E-state index in [4.69, 9.17) is 21.1 Å². The molecular formula is C35H41ClN2O6. The number of rotatable bonds is 14. The van der Waals surface area contributed by atoms with Crippen molar-refractivity contribution in [2.45, 2.75) is 68.7 Å². The topological polar surface area (TPSA) is 96.4 Å². The molecule has 2 aromatic rings. The van der Waals surface area contributed by atoms with Crippen LogP contribution in [0.2, 0.25) is 5.02 Å². The van der Waals surface area contributed by atoms with Gasteiger partial charge < -0.3 is 24.4 Å². The number of amides is 2. The molecule has 0 saturated carbocycles. The maximum atomic E-state index is 14.9. The lowest BCUT2D eigenvalue weighted by Gasteiger charge is -2.39. The molecular weight excluding hydrogens is 580 g/mol. The van der Waals surface area contributed by atoms with Crippen molar-refractivity contribution in [3.63, 3.8) is 0 Å². The minimum absolute atomic E-state index is 0.131. The summed E-state index contributed by atoms with van der Waals surface area (Å²) >= 11 is 6.59. The van der Waals surface area contributed by atoms with Gasteiger partial charge in [0, 0.05) is 6.54 Å². The van der Waals surface area contributed by atoms with Crippen LogP contribution in [0.5, 0.6) is 0 Å². The number of allylic oxidation sites excluding steroid dienone is 1. The molecule has 3 aliphatic rings. The minimum Gasteiger partial charge on any atom is -0.465 e. The van der Waals surface area contributed by atoms with Gasteiger partial charge in [-0.1, -0.05) is 73.1 Å². The van der Waals surface area contributed by atoms with E-state index in [1.165, 1.54) is 9.80 Å². The summed E-state index contributed by atoms with van der Waals surface area (Å²) in [6, 6.07) is 14.2. The van der Waals surface area contributed by atoms with Gasteiger partial charge in [0.05, 0.1) is 41.5 Å². The lowest BCUT2D eigenvalue weighted by Crippen LogP contribution is -2.57. The Morgan fingerprint density at radius 3 is 2.52 bits per heavy atom. The van der Waals surface area contributed by atoms with Crippen LogP contribution in [-0.2, 0) is 23.9 Å². The third-order valence-electron chi connectivity index (χ3n) is 9.57. The van der Waals surface area contributed by atoms with Gasteiger partial charge in [0.2, 0.25) is 5.91 Å². The summed E-state index contributed by atoms with van der Waals surface area (Å²) in [7, 11) is 0.